The van der Waals surface area contributed by atoms with Crippen LogP contribution in [0.15, 0.2) is 44.7 Å². The van der Waals surface area contributed by atoms with E-state index >= 15 is 0 Å². The van der Waals surface area contributed by atoms with Gasteiger partial charge in [-0.3, -0.25) is 4.79 Å². The first-order chi connectivity index (χ1) is 11.1. The molecule has 0 aliphatic rings. The van der Waals surface area contributed by atoms with Crippen LogP contribution in [0.4, 0.5) is 0 Å². The number of thiophene rings is 1. The molecule has 1 amide bonds. The first-order valence-electron chi connectivity index (χ1n) is 7.35. The van der Waals surface area contributed by atoms with Crippen LogP contribution in [0, 0.1) is 6.92 Å². The maximum absolute atomic E-state index is 12.5. The van der Waals surface area contributed by atoms with Crippen molar-refractivity contribution < 1.29 is 13.6 Å². The van der Waals surface area contributed by atoms with Crippen LogP contribution in [0.1, 0.15) is 30.2 Å². The van der Waals surface area contributed by atoms with E-state index in [1.165, 1.54) is 0 Å². The number of rotatable bonds is 5. The minimum Gasteiger partial charge on any atom is -0.467 e. The van der Waals surface area contributed by atoms with Crippen molar-refractivity contribution in [3.05, 3.63) is 53.1 Å². The second kappa shape index (κ2) is 6.42. The van der Waals surface area contributed by atoms with E-state index in [1.807, 2.05) is 43.5 Å². The number of hydrogen-bond acceptors (Lipinski definition) is 5. The highest BCUT2D eigenvalue weighted by molar-refractivity contribution is 7.13. The lowest BCUT2D eigenvalue weighted by atomic mass is 10.2. The van der Waals surface area contributed by atoms with Gasteiger partial charge in [-0.05, 0) is 37.4 Å². The fourth-order valence-corrected chi connectivity index (χ4v) is 2.95. The van der Waals surface area contributed by atoms with Crippen LogP contribution < -0.4 is 0 Å². The lowest BCUT2D eigenvalue weighted by Gasteiger charge is -2.23. The summed E-state index contributed by atoms with van der Waals surface area (Å²) in [6.07, 6.45) is 1.82. The molecule has 0 aliphatic heterocycles. The largest absolute Gasteiger partial charge is 0.467 e. The van der Waals surface area contributed by atoms with Gasteiger partial charge < -0.3 is 13.7 Å². The highest BCUT2D eigenvalue weighted by atomic mass is 32.1. The number of oxazole rings is 1. The van der Waals surface area contributed by atoms with Crippen LogP contribution in [0.3, 0.4) is 0 Å². The molecule has 0 aromatic carbocycles. The minimum absolute atomic E-state index is 0.0250. The predicted octanol–water partition coefficient (Wildman–Crippen LogP) is 4.07. The van der Waals surface area contributed by atoms with Gasteiger partial charge in [-0.1, -0.05) is 6.07 Å². The van der Waals surface area contributed by atoms with Crippen molar-refractivity contribution in [2.75, 3.05) is 7.05 Å². The van der Waals surface area contributed by atoms with E-state index in [0.29, 0.717) is 17.3 Å². The zero-order valence-electron chi connectivity index (χ0n) is 13.3. The summed E-state index contributed by atoms with van der Waals surface area (Å²) in [6, 6.07) is 7.46. The molecular formula is C17H18N2O3S. The molecule has 120 valence electrons. The number of carbonyl (C=O) groups excluding carboxylic acids is 1. The fraction of sp³-hybridized carbons (Fsp3) is 0.294. The van der Waals surface area contributed by atoms with Crippen molar-refractivity contribution in [1.29, 1.82) is 0 Å². The Hall–Kier alpha value is -2.34. The Labute approximate surface area is 138 Å². The summed E-state index contributed by atoms with van der Waals surface area (Å²) in [7, 11) is 1.77. The Morgan fingerprint density at radius 3 is 2.87 bits per heavy atom. The highest BCUT2D eigenvalue weighted by Gasteiger charge is 2.22. The monoisotopic (exact) mass is 330 g/mol. The molecule has 0 spiro atoms. The van der Waals surface area contributed by atoms with Gasteiger partial charge in [-0.25, -0.2) is 4.98 Å². The van der Waals surface area contributed by atoms with Gasteiger partial charge in [-0.15, -0.1) is 11.3 Å². The number of hydrogen-bond donors (Lipinski definition) is 0. The maximum Gasteiger partial charge on any atom is 0.236 e. The normalized spacial score (nSPS) is 12.3. The number of nitrogens with zero attached hydrogens (tertiary/aromatic N) is 2. The van der Waals surface area contributed by atoms with Crippen LogP contribution in [-0.4, -0.2) is 22.8 Å². The first kappa shape index (κ1) is 15.6. The summed E-state index contributed by atoms with van der Waals surface area (Å²) in [5.74, 6) is 1.99. The number of aromatic nitrogens is 1. The highest BCUT2D eigenvalue weighted by Crippen LogP contribution is 2.27. The lowest BCUT2D eigenvalue weighted by Crippen LogP contribution is -2.31. The van der Waals surface area contributed by atoms with E-state index in [9.17, 15) is 4.79 Å². The Morgan fingerprint density at radius 1 is 1.39 bits per heavy atom. The smallest absolute Gasteiger partial charge is 0.236 e. The Bertz CT molecular complexity index is 775. The third-order valence-corrected chi connectivity index (χ3v) is 4.73. The van der Waals surface area contributed by atoms with Crippen molar-refractivity contribution in [2.45, 2.75) is 26.3 Å². The van der Waals surface area contributed by atoms with Gasteiger partial charge >= 0.3 is 0 Å². The quantitative estimate of drug-likeness (QED) is 0.707. The first-order valence-corrected chi connectivity index (χ1v) is 8.23. The van der Waals surface area contributed by atoms with E-state index in [2.05, 4.69) is 4.98 Å². The Balaban J connectivity index is 1.73. The van der Waals surface area contributed by atoms with Gasteiger partial charge in [-0.2, -0.15) is 0 Å². The summed E-state index contributed by atoms with van der Waals surface area (Å²) < 4.78 is 11.0. The zero-order valence-corrected chi connectivity index (χ0v) is 14.1. The van der Waals surface area contributed by atoms with Crippen LogP contribution in [0.2, 0.25) is 0 Å². The van der Waals surface area contributed by atoms with Crippen molar-refractivity contribution in [3.63, 3.8) is 0 Å². The van der Waals surface area contributed by atoms with Crippen molar-refractivity contribution >= 4 is 17.2 Å². The summed E-state index contributed by atoms with van der Waals surface area (Å²) in [4.78, 5) is 19.6. The average molecular weight is 330 g/mol. The molecule has 1 atom stereocenters. The van der Waals surface area contributed by atoms with Gasteiger partial charge in [0.2, 0.25) is 11.8 Å². The van der Waals surface area contributed by atoms with Crippen molar-refractivity contribution in [3.8, 4) is 10.8 Å². The van der Waals surface area contributed by atoms with Crippen LogP contribution in [0.25, 0.3) is 10.8 Å². The molecule has 3 aromatic heterocycles. The number of furan rings is 1. The summed E-state index contributed by atoms with van der Waals surface area (Å²) in [5, 5.41) is 1.97. The number of amides is 1. The zero-order chi connectivity index (χ0) is 16.4. The van der Waals surface area contributed by atoms with Crippen LogP contribution in [-0.2, 0) is 11.2 Å². The molecule has 0 aliphatic carbocycles. The lowest BCUT2D eigenvalue weighted by molar-refractivity contribution is -0.131. The molecule has 3 aromatic rings. The van der Waals surface area contributed by atoms with E-state index in [1.54, 1.807) is 29.5 Å². The van der Waals surface area contributed by atoms with Gasteiger partial charge in [0, 0.05) is 7.05 Å². The molecule has 0 N–H and O–H groups in total. The van der Waals surface area contributed by atoms with Crippen LogP contribution in [0.5, 0.6) is 0 Å². The van der Waals surface area contributed by atoms with E-state index < -0.39 is 0 Å². The Kier molecular flexibility index (Phi) is 4.34. The summed E-state index contributed by atoms with van der Waals surface area (Å²) >= 11 is 1.56. The van der Waals surface area contributed by atoms with Crippen LogP contribution >= 0.6 is 11.3 Å². The maximum atomic E-state index is 12.5. The molecule has 0 bridgehead atoms. The van der Waals surface area contributed by atoms with Crippen molar-refractivity contribution in [1.82, 2.24) is 9.88 Å². The SMILES string of the molecule is Cc1oc(-c2cccs2)nc1CC(=O)N(C)C(C)c1ccco1. The second-order valence-electron chi connectivity index (χ2n) is 5.37. The molecule has 0 fully saturated rings. The fourth-order valence-electron chi connectivity index (χ4n) is 2.30. The molecule has 23 heavy (non-hydrogen) atoms. The van der Waals surface area contributed by atoms with E-state index in [-0.39, 0.29) is 18.4 Å². The van der Waals surface area contributed by atoms with E-state index in [0.717, 1.165) is 10.6 Å². The third-order valence-electron chi connectivity index (χ3n) is 3.87. The minimum atomic E-state index is -0.124. The third kappa shape index (κ3) is 3.22. The molecule has 5 nitrogen and oxygen atoms in total. The van der Waals surface area contributed by atoms with Crippen molar-refractivity contribution in [2.24, 2.45) is 0 Å². The molecule has 1 unspecified atom stereocenters. The molecule has 6 heteroatoms. The molecule has 0 saturated heterocycles. The van der Waals surface area contributed by atoms with Gasteiger partial charge in [0.1, 0.15) is 11.5 Å². The molecule has 3 heterocycles. The van der Waals surface area contributed by atoms with E-state index in [4.69, 9.17) is 8.83 Å². The number of carbonyl (C=O) groups is 1. The topological polar surface area (TPSA) is 59.5 Å². The summed E-state index contributed by atoms with van der Waals surface area (Å²) in [5.41, 5.74) is 0.678. The molecular weight excluding hydrogens is 312 g/mol. The predicted molar refractivity (Wildman–Crippen MR) is 88.2 cm³/mol. The molecule has 3 rings (SSSR count). The number of aryl methyl sites for hydroxylation is 1. The van der Waals surface area contributed by atoms with Gasteiger partial charge in [0.05, 0.1) is 29.3 Å². The summed E-state index contributed by atoms with van der Waals surface area (Å²) in [6.45, 7) is 3.77. The average Bonchev–Trinajstić information content (AvgIpc) is 3.28. The standard InChI is InChI=1S/C17H18N2O3S/c1-11(14-6-4-8-21-14)19(3)16(20)10-13-12(2)22-17(18-13)15-7-5-9-23-15/h4-9,11H,10H2,1-3H3. The van der Waals surface area contributed by atoms with Gasteiger partial charge in [0.25, 0.3) is 0 Å². The Morgan fingerprint density at radius 2 is 2.22 bits per heavy atom. The molecule has 0 radical (unpaired) electrons. The number of likely N-dealkylation sites (N-methyl/N-ethyl adjacent to an activating group) is 1. The molecule has 0 saturated carbocycles. The van der Waals surface area contributed by atoms with Gasteiger partial charge in [0.15, 0.2) is 0 Å². The second-order valence-corrected chi connectivity index (χ2v) is 6.32.